The van der Waals surface area contributed by atoms with E-state index in [4.69, 9.17) is 10.2 Å². The Morgan fingerprint density at radius 3 is 1.25 bits per heavy atom. The van der Waals surface area contributed by atoms with Crippen LogP contribution in [0.4, 0.5) is 0 Å². The molecule has 2 atom stereocenters. The highest BCUT2D eigenvalue weighted by atomic mass is 16.3. The van der Waals surface area contributed by atoms with Crippen LogP contribution in [0.3, 0.4) is 0 Å². The summed E-state index contributed by atoms with van der Waals surface area (Å²) in [6.45, 7) is 0.100. The third-order valence-corrected chi connectivity index (χ3v) is 2.75. The van der Waals surface area contributed by atoms with Gasteiger partial charge in [0.05, 0.1) is 12.2 Å². The Kier molecular flexibility index (Phi) is 11.2. The number of aliphatic hydroxyl groups is 4. The summed E-state index contributed by atoms with van der Waals surface area (Å²) >= 11 is 0. The Morgan fingerprint density at radius 1 is 0.562 bits per heavy atom. The molecule has 0 amide bonds. The molecule has 4 nitrogen and oxygen atoms in total. The van der Waals surface area contributed by atoms with Crippen LogP contribution in [0, 0.1) is 0 Å². The summed E-state index contributed by atoms with van der Waals surface area (Å²) in [6.07, 6.45) is 5.73. The van der Waals surface area contributed by atoms with Gasteiger partial charge in [-0.1, -0.05) is 25.7 Å². The van der Waals surface area contributed by atoms with E-state index < -0.39 is 0 Å². The molecule has 0 heterocycles. The first-order valence-electron chi connectivity index (χ1n) is 6.28. The van der Waals surface area contributed by atoms with Gasteiger partial charge in [-0.15, -0.1) is 0 Å². The molecule has 0 aliphatic rings. The highest BCUT2D eigenvalue weighted by Crippen LogP contribution is 2.11. The van der Waals surface area contributed by atoms with Crippen molar-refractivity contribution in [1.29, 1.82) is 0 Å². The number of unbranched alkanes of at least 4 members (excludes halogenated alkanes) is 3. The minimum atomic E-state index is -0.370. The Balaban J connectivity index is 3.15. The lowest BCUT2D eigenvalue weighted by Crippen LogP contribution is -2.09. The fraction of sp³-hybridized carbons (Fsp3) is 1.00. The quantitative estimate of drug-likeness (QED) is 0.399. The van der Waals surface area contributed by atoms with Crippen molar-refractivity contribution < 1.29 is 20.4 Å². The van der Waals surface area contributed by atoms with Crippen molar-refractivity contribution in [2.45, 2.75) is 63.6 Å². The second-order valence-electron chi connectivity index (χ2n) is 4.32. The molecule has 98 valence electrons. The third kappa shape index (κ3) is 10.4. The van der Waals surface area contributed by atoms with Gasteiger partial charge in [-0.3, -0.25) is 0 Å². The van der Waals surface area contributed by atoms with Gasteiger partial charge >= 0.3 is 0 Å². The molecule has 0 fully saturated rings. The molecule has 4 heteroatoms. The van der Waals surface area contributed by atoms with Crippen LogP contribution >= 0.6 is 0 Å². The van der Waals surface area contributed by atoms with Gasteiger partial charge in [-0.25, -0.2) is 0 Å². The zero-order valence-corrected chi connectivity index (χ0v) is 10.0. The molecule has 0 aliphatic carbocycles. The predicted octanol–water partition coefficient (Wildman–Crippen LogP) is 0.814. The lowest BCUT2D eigenvalue weighted by atomic mass is 10.0. The van der Waals surface area contributed by atoms with Gasteiger partial charge in [0.2, 0.25) is 0 Å². The van der Waals surface area contributed by atoms with E-state index in [2.05, 4.69) is 0 Å². The third-order valence-electron chi connectivity index (χ3n) is 2.75. The maximum atomic E-state index is 9.34. The Morgan fingerprint density at radius 2 is 0.938 bits per heavy atom. The number of aliphatic hydroxyl groups excluding tert-OH is 4. The number of hydrogen-bond acceptors (Lipinski definition) is 4. The molecule has 0 aromatic carbocycles. The first-order chi connectivity index (χ1) is 7.70. The van der Waals surface area contributed by atoms with Gasteiger partial charge in [-0.2, -0.15) is 0 Å². The molecule has 4 N–H and O–H groups in total. The van der Waals surface area contributed by atoms with Crippen molar-refractivity contribution in [2.75, 3.05) is 13.2 Å². The minimum Gasteiger partial charge on any atom is -0.396 e. The van der Waals surface area contributed by atoms with Crippen molar-refractivity contribution in [3.05, 3.63) is 0 Å². The van der Waals surface area contributed by atoms with Gasteiger partial charge in [-0.05, 0) is 25.7 Å². The van der Waals surface area contributed by atoms with E-state index in [1.807, 2.05) is 0 Å². The highest BCUT2D eigenvalue weighted by molar-refractivity contribution is 4.57. The first kappa shape index (κ1) is 15.8. The average Bonchev–Trinajstić information content (AvgIpc) is 2.24. The van der Waals surface area contributed by atoms with Crippen LogP contribution in [-0.2, 0) is 0 Å². The molecule has 0 aromatic rings. The standard InChI is InChI=1S/C12H26O4/c13-9-7-11(15)5-3-1-2-4-6-12(16)8-10-14/h11-16H,1-10H2. The van der Waals surface area contributed by atoms with Gasteiger partial charge < -0.3 is 20.4 Å². The van der Waals surface area contributed by atoms with E-state index >= 15 is 0 Å². The van der Waals surface area contributed by atoms with Crippen LogP contribution in [0.25, 0.3) is 0 Å². The molecule has 0 aliphatic heterocycles. The first-order valence-corrected chi connectivity index (χ1v) is 6.28. The van der Waals surface area contributed by atoms with Crippen molar-refractivity contribution in [3.8, 4) is 0 Å². The second kappa shape index (κ2) is 11.3. The maximum absolute atomic E-state index is 9.34. The van der Waals surface area contributed by atoms with E-state index in [9.17, 15) is 10.2 Å². The van der Waals surface area contributed by atoms with E-state index in [1.165, 1.54) is 0 Å². The van der Waals surface area contributed by atoms with Crippen LogP contribution in [0.2, 0.25) is 0 Å². The average molecular weight is 234 g/mol. The SMILES string of the molecule is OCCC(O)CCCCCCC(O)CCO. The van der Waals surface area contributed by atoms with Crippen molar-refractivity contribution >= 4 is 0 Å². The van der Waals surface area contributed by atoms with Crippen molar-refractivity contribution in [2.24, 2.45) is 0 Å². The molecule has 0 saturated carbocycles. The normalized spacial score (nSPS) is 15.0. The molecule has 0 saturated heterocycles. The topological polar surface area (TPSA) is 80.9 Å². The van der Waals surface area contributed by atoms with Crippen molar-refractivity contribution in [3.63, 3.8) is 0 Å². The van der Waals surface area contributed by atoms with Crippen LogP contribution in [0.15, 0.2) is 0 Å². The number of rotatable bonds is 11. The summed E-state index contributed by atoms with van der Waals surface area (Å²) in [4.78, 5) is 0. The van der Waals surface area contributed by atoms with Crippen LogP contribution in [0.5, 0.6) is 0 Å². The molecule has 0 bridgehead atoms. The summed E-state index contributed by atoms with van der Waals surface area (Å²) in [5.74, 6) is 0. The summed E-state index contributed by atoms with van der Waals surface area (Å²) in [5, 5.41) is 35.8. The fourth-order valence-corrected chi connectivity index (χ4v) is 1.70. The Hall–Kier alpha value is -0.160. The molecule has 16 heavy (non-hydrogen) atoms. The molecular formula is C12H26O4. The van der Waals surface area contributed by atoms with Gasteiger partial charge in [0.25, 0.3) is 0 Å². The van der Waals surface area contributed by atoms with E-state index in [1.54, 1.807) is 0 Å². The monoisotopic (exact) mass is 234 g/mol. The second-order valence-corrected chi connectivity index (χ2v) is 4.32. The van der Waals surface area contributed by atoms with Crippen molar-refractivity contribution in [1.82, 2.24) is 0 Å². The van der Waals surface area contributed by atoms with Crippen LogP contribution in [-0.4, -0.2) is 45.8 Å². The Labute approximate surface area is 97.9 Å². The summed E-state index contributed by atoms with van der Waals surface area (Å²) in [5.41, 5.74) is 0. The maximum Gasteiger partial charge on any atom is 0.0562 e. The predicted molar refractivity (Wildman–Crippen MR) is 63.1 cm³/mol. The largest absolute Gasteiger partial charge is 0.396 e. The van der Waals surface area contributed by atoms with Gasteiger partial charge in [0, 0.05) is 13.2 Å². The van der Waals surface area contributed by atoms with Gasteiger partial charge in [0.1, 0.15) is 0 Å². The smallest absolute Gasteiger partial charge is 0.0562 e. The lowest BCUT2D eigenvalue weighted by Gasteiger charge is -2.09. The zero-order chi connectivity index (χ0) is 12.2. The highest BCUT2D eigenvalue weighted by Gasteiger charge is 2.04. The van der Waals surface area contributed by atoms with Crippen LogP contribution in [0.1, 0.15) is 51.4 Å². The molecule has 0 radical (unpaired) electrons. The molecule has 0 aromatic heterocycles. The molecular weight excluding hydrogens is 208 g/mol. The Bertz CT molecular complexity index is 125. The summed E-state index contributed by atoms with van der Waals surface area (Å²) in [6, 6.07) is 0. The van der Waals surface area contributed by atoms with E-state index in [0.29, 0.717) is 12.8 Å². The van der Waals surface area contributed by atoms with E-state index in [-0.39, 0.29) is 25.4 Å². The van der Waals surface area contributed by atoms with Gasteiger partial charge in [0.15, 0.2) is 0 Å². The lowest BCUT2D eigenvalue weighted by molar-refractivity contribution is 0.118. The molecule has 0 spiro atoms. The minimum absolute atomic E-state index is 0.0501. The van der Waals surface area contributed by atoms with E-state index in [0.717, 1.165) is 38.5 Å². The number of hydrogen-bond donors (Lipinski definition) is 4. The summed E-state index contributed by atoms with van der Waals surface area (Å²) in [7, 11) is 0. The zero-order valence-electron chi connectivity index (χ0n) is 10.0. The molecule has 0 rings (SSSR count). The molecule has 2 unspecified atom stereocenters. The van der Waals surface area contributed by atoms with Crippen LogP contribution < -0.4 is 0 Å². The fourth-order valence-electron chi connectivity index (χ4n) is 1.70. The summed E-state index contributed by atoms with van der Waals surface area (Å²) < 4.78 is 0.